The first-order chi connectivity index (χ1) is 6.38. The fourth-order valence-corrected chi connectivity index (χ4v) is 1.43. The molecule has 0 aliphatic rings. The van der Waals surface area contributed by atoms with Crippen molar-refractivity contribution in [3.63, 3.8) is 0 Å². The summed E-state index contributed by atoms with van der Waals surface area (Å²) >= 11 is 0. The summed E-state index contributed by atoms with van der Waals surface area (Å²) in [5.74, 6) is 0. The molecule has 76 valence electrons. The maximum Gasteiger partial charge on any atom is 0.0655 e. The summed E-state index contributed by atoms with van der Waals surface area (Å²) in [5, 5.41) is 0. The van der Waals surface area contributed by atoms with Gasteiger partial charge in [0.1, 0.15) is 0 Å². The van der Waals surface area contributed by atoms with Crippen LogP contribution in [0.25, 0.3) is 5.57 Å². The highest BCUT2D eigenvalue weighted by Crippen LogP contribution is 2.21. The molecule has 0 aliphatic heterocycles. The van der Waals surface area contributed by atoms with Crippen LogP contribution in [0.5, 0.6) is 0 Å². The van der Waals surface area contributed by atoms with Crippen molar-refractivity contribution >= 4 is 5.57 Å². The van der Waals surface area contributed by atoms with Crippen molar-refractivity contribution < 1.29 is 0 Å². The SMILES string of the molecule is C=C(C)c1cc(CC(C)(C)C)ccn1. The summed E-state index contributed by atoms with van der Waals surface area (Å²) in [4.78, 5) is 4.27. The van der Waals surface area contributed by atoms with E-state index < -0.39 is 0 Å². The van der Waals surface area contributed by atoms with Crippen molar-refractivity contribution in [3.8, 4) is 0 Å². The molecule has 0 spiro atoms. The second-order valence-corrected chi connectivity index (χ2v) is 5.07. The van der Waals surface area contributed by atoms with E-state index in [4.69, 9.17) is 0 Å². The Morgan fingerprint density at radius 2 is 2.07 bits per heavy atom. The van der Waals surface area contributed by atoms with E-state index in [2.05, 4.69) is 44.5 Å². The second-order valence-electron chi connectivity index (χ2n) is 5.07. The molecule has 0 bridgehead atoms. The third-order valence-corrected chi connectivity index (χ3v) is 2.00. The fourth-order valence-electron chi connectivity index (χ4n) is 1.43. The fraction of sp³-hybridized carbons (Fsp3) is 0.462. The zero-order chi connectivity index (χ0) is 10.8. The van der Waals surface area contributed by atoms with Crippen LogP contribution < -0.4 is 0 Å². The van der Waals surface area contributed by atoms with Crippen molar-refractivity contribution in [3.05, 3.63) is 36.2 Å². The quantitative estimate of drug-likeness (QED) is 0.691. The lowest BCUT2D eigenvalue weighted by Crippen LogP contribution is -2.09. The standard InChI is InChI=1S/C13H19N/c1-10(2)12-8-11(6-7-14-12)9-13(3,4)5/h6-8H,1,9H2,2-5H3. The molecule has 0 radical (unpaired) electrons. The molecule has 0 saturated heterocycles. The predicted octanol–water partition coefficient (Wildman–Crippen LogP) is 3.70. The summed E-state index contributed by atoms with van der Waals surface area (Å²) in [7, 11) is 0. The highest BCUT2D eigenvalue weighted by Gasteiger charge is 2.11. The molecular weight excluding hydrogens is 170 g/mol. The zero-order valence-corrected chi connectivity index (χ0v) is 9.59. The van der Waals surface area contributed by atoms with Crippen LogP contribution in [0.15, 0.2) is 24.9 Å². The summed E-state index contributed by atoms with van der Waals surface area (Å²) in [6, 6.07) is 4.21. The molecule has 1 aromatic rings. The van der Waals surface area contributed by atoms with Gasteiger partial charge in [-0.05, 0) is 42.0 Å². The van der Waals surface area contributed by atoms with E-state index in [1.807, 2.05) is 13.1 Å². The van der Waals surface area contributed by atoms with Gasteiger partial charge in [-0.2, -0.15) is 0 Å². The van der Waals surface area contributed by atoms with Crippen LogP contribution in [0.4, 0.5) is 0 Å². The Balaban J connectivity index is 2.89. The highest BCUT2D eigenvalue weighted by atomic mass is 14.7. The lowest BCUT2D eigenvalue weighted by atomic mass is 9.88. The average Bonchev–Trinajstić information content (AvgIpc) is 2.01. The van der Waals surface area contributed by atoms with Gasteiger partial charge >= 0.3 is 0 Å². The van der Waals surface area contributed by atoms with E-state index in [-0.39, 0.29) is 0 Å². The molecule has 1 aromatic heterocycles. The third kappa shape index (κ3) is 3.33. The van der Waals surface area contributed by atoms with Crippen molar-refractivity contribution in [2.45, 2.75) is 34.1 Å². The molecule has 0 aromatic carbocycles. The molecule has 0 amide bonds. The molecule has 1 heteroatoms. The van der Waals surface area contributed by atoms with E-state index >= 15 is 0 Å². The van der Waals surface area contributed by atoms with Gasteiger partial charge in [-0.3, -0.25) is 4.98 Å². The van der Waals surface area contributed by atoms with Crippen LogP contribution in [-0.2, 0) is 6.42 Å². The second kappa shape index (κ2) is 3.95. The molecule has 0 saturated carbocycles. The Kier molecular flexibility index (Phi) is 3.10. The van der Waals surface area contributed by atoms with Gasteiger partial charge in [0.2, 0.25) is 0 Å². The number of hydrogen-bond donors (Lipinski definition) is 0. The molecular formula is C13H19N. The van der Waals surface area contributed by atoms with Crippen molar-refractivity contribution in [1.29, 1.82) is 0 Å². The lowest BCUT2D eigenvalue weighted by molar-refractivity contribution is 0.411. The number of pyridine rings is 1. The van der Waals surface area contributed by atoms with Gasteiger partial charge in [-0.1, -0.05) is 27.4 Å². The molecule has 1 heterocycles. The summed E-state index contributed by atoms with van der Waals surface area (Å²) in [6.45, 7) is 12.6. The molecule has 1 nitrogen and oxygen atoms in total. The monoisotopic (exact) mass is 189 g/mol. The first kappa shape index (κ1) is 11.0. The van der Waals surface area contributed by atoms with Gasteiger partial charge in [0.05, 0.1) is 5.69 Å². The van der Waals surface area contributed by atoms with Crippen molar-refractivity contribution in [2.24, 2.45) is 5.41 Å². The number of hydrogen-bond acceptors (Lipinski definition) is 1. The molecule has 0 aliphatic carbocycles. The zero-order valence-electron chi connectivity index (χ0n) is 9.59. The number of allylic oxidation sites excluding steroid dienone is 1. The summed E-state index contributed by atoms with van der Waals surface area (Å²) < 4.78 is 0. The van der Waals surface area contributed by atoms with E-state index in [0.29, 0.717) is 5.41 Å². The lowest BCUT2D eigenvalue weighted by Gasteiger charge is -2.18. The number of rotatable bonds is 2. The molecule has 0 atom stereocenters. The average molecular weight is 189 g/mol. The summed E-state index contributed by atoms with van der Waals surface area (Å²) in [5.41, 5.74) is 3.70. The van der Waals surface area contributed by atoms with Gasteiger partial charge in [0.25, 0.3) is 0 Å². The largest absolute Gasteiger partial charge is 0.257 e. The maximum atomic E-state index is 4.27. The van der Waals surface area contributed by atoms with Gasteiger partial charge < -0.3 is 0 Å². The topological polar surface area (TPSA) is 12.9 Å². The third-order valence-electron chi connectivity index (χ3n) is 2.00. The molecule has 0 fully saturated rings. The van der Waals surface area contributed by atoms with Crippen LogP contribution in [-0.4, -0.2) is 4.98 Å². The molecule has 1 rings (SSSR count). The number of aromatic nitrogens is 1. The summed E-state index contributed by atoms with van der Waals surface area (Å²) in [6.07, 6.45) is 2.95. The van der Waals surface area contributed by atoms with E-state index in [1.165, 1.54) is 5.56 Å². The minimum absolute atomic E-state index is 0.327. The smallest absolute Gasteiger partial charge is 0.0655 e. The Labute approximate surface area is 86.9 Å². The van der Waals surface area contributed by atoms with E-state index in [1.54, 1.807) is 0 Å². The number of nitrogens with zero attached hydrogens (tertiary/aromatic N) is 1. The van der Waals surface area contributed by atoms with Gasteiger partial charge in [-0.15, -0.1) is 0 Å². The highest BCUT2D eigenvalue weighted by molar-refractivity contribution is 5.58. The molecule has 0 unspecified atom stereocenters. The molecule has 14 heavy (non-hydrogen) atoms. The normalized spacial score (nSPS) is 11.4. The maximum absolute atomic E-state index is 4.27. The van der Waals surface area contributed by atoms with Crippen LogP contribution in [0.1, 0.15) is 39.0 Å². The predicted molar refractivity (Wildman–Crippen MR) is 62.1 cm³/mol. The molecule has 0 N–H and O–H groups in total. The van der Waals surface area contributed by atoms with Crippen LogP contribution in [0.2, 0.25) is 0 Å². The minimum atomic E-state index is 0.327. The van der Waals surface area contributed by atoms with E-state index in [0.717, 1.165) is 17.7 Å². The van der Waals surface area contributed by atoms with Crippen molar-refractivity contribution in [2.75, 3.05) is 0 Å². The Bertz CT molecular complexity index is 331. The Hall–Kier alpha value is -1.11. The van der Waals surface area contributed by atoms with Crippen LogP contribution >= 0.6 is 0 Å². The van der Waals surface area contributed by atoms with Gasteiger partial charge in [0, 0.05) is 6.20 Å². The Morgan fingerprint density at radius 3 is 2.57 bits per heavy atom. The van der Waals surface area contributed by atoms with Crippen LogP contribution in [0, 0.1) is 5.41 Å². The van der Waals surface area contributed by atoms with Crippen molar-refractivity contribution in [1.82, 2.24) is 4.98 Å². The Morgan fingerprint density at radius 1 is 1.43 bits per heavy atom. The first-order valence-corrected chi connectivity index (χ1v) is 4.99. The van der Waals surface area contributed by atoms with Gasteiger partial charge in [0.15, 0.2) is 0 Å². The van der Waals surface area contributed by atoms with Crippen LogP contribution in [0.3, 0.4) is 0 Å². The first-order valence-electron chi connectivity index (χ1n) is 4.99. The van der Waals surface area contributed by atoms with E-state index in [9.17, 15) is 0 Å². The minimum Gasteiger partial charge on any atom is -0.257 e. The van der Waals surface area contributed by atoms with Gasteiger partial charge in [-0.25, -0.2) is 0 Å².